The summed E-state index contributed by atoms with van der Waals surface area (Å²) in [5.74, 6) is 2.69. The van der Waals surface area contributed by atoms with Crippen LogP contribution < -0.4 is 4.74 Å². The molecular formula is C11H14O. The monoisotopic (exact) mass is 162 g/mol. The van der Waals surface area contributed by atoms with E-state index < -0.39 is 0 Å². The van der Waals surface area contributed by atoms with Crippen molar-refractivity contribution in [3.63, 3.8) is 0 Å². The molecule has 2 unspecified atom stereocenters. The van der Waals surface area contributed by atoms with E-state index in [1.54, 1.807) is 0 Å². The van der Waals surface area contributed by atoms with Gasteiger partial charge in [-0.05, 0) is 30.4 Å². The summed E-state index contributed by atoms with van der Waals surface area (Å²) >= 11 is 0. The molecule has 1 aromatic carbocycles. The molecule has 1 heteroatoms. The Bertz CT molecular complexity index is 242. The van der Waals surface area contributed by atoms with Crippen LogP contribution in [0.25, 0.3) is 0 Å². The van der Waals surface area contributed by atoms with Gasteiger partial charge in [0.2, 0.25) is 0 Å². The number of ether oxygens (including phenoxy) is 1. The van der Waals surface area contributed by atoms with Crippen LogP contribution in [0, 0.1) is 11.8 Å². The first-order valence-electron chi connectivity index (χ1n) is 4.54. The summed E-state index contributed by atoms with van der Waals surface area (Å²) in [5.41, 5.74) is 0. The third kappa shape index (κ3) is 1.79. The van der Waals surface area contributed by atoms with E-state index in [4.69, 9.17) is 4.74 Å². The highest BCUT2D eigenvalue weighted by atomic mass is 16.5. The molecule has 1 aliphatic carbocycles. The summed E-state index contributed by atoms with van der Waals surface area (Å²) in [6.45, 7) is 3.17. The summed E-state index contributed by atoms with van der Waals surface area (Å²) in [6.07, 6.45) is 1.34. The molecule has 0 aromatic heterocycles. The van der Waals surface area contributed by atoms with Crippen LogP contribution in [0.4, 0.5) is 0 Å². The highest BCUT2D eigenvalue weighted by molar-refractivity contribution is 5.20. The molecule has 0 amide bonds. The van der Waals surface area contributed by atoms with Gasteiger partial charge in [-0.15, -0.1) is 0 Å². The minimum Gasteiger partial charge on any atom is -0.493 e. The second-order valence-corrected chi connectivity index (χ2v) is 3.60. The first-order valence-corrected chi connectivity index (χ1v) is 4.54. The fourth-order valence-electron chi connectivity index (χ4n) is 1.35. The van der Waals surface area contributed by atoms with Crippen molar-refractivity contribution in [1.82, 2.24) is 0 Å². The van der Waals surface area contributed by atoms with E-state index in [2.05, 4.69) is 6.92 Å². The SMILES string of the molecule is CC1CC1COc1ccccc1. The Morgan fingerprint density at radius 2 is 2.00 bits per heavy atom. The van der Waals surface area contributed by atoms with Gasteiger partial charge in [0.05, 0.1) is 6.61 Å². The van der Waals surface area contributed by atoms with E-state index in [1.807, 2.05) is 30.3 Å². The lowest BCUT2D eigenvalue weighted by Crippen LogP contribution is -1.99. The largest absolute Gasteiger partial charge is 0.493 e. The van der Waals surface area contributed by atoms with Gasteiger partial charge >= 0.3 is 0 Å². The van der Waals surface area contributed by atoms with Crippen LogP contribution in [0.5, 0.6) is 5.75 Å². The smallest absolute Gasteiger partial charge is 0.119 e. The average Bonchev–Trinajstić information content (AvgIpc) is 2.81. The Kier molecular flexibility index (Phi) is 2.03. The summed E-state index contributed by atoms with van der Waals surface area (Å²) in [5, 5.41) is 0. The van der Waals surface area contributed by atoms with Crippen molar-refractivity contribution in [2.24, 2.45) is 11.8 Å². The van der Waals surface area contributed by atoms with Crippen LogP contribution in [0.2, 0.25) is 0 Å². The molecule has 0 saturated heterocycles. The van der Waals surface area contributed by atoms with Crippen LogP contribution >= 0.6 is 0 Å². The summed E-state index contributed by atoms with van der Waals surface area (Å²) < 4.78 is 5.60. The lowest BCUT2D eigenvalue weighted by atomic mass is 10.3. The standard InChI is InChI=1S/C11H14O/c1-9-7-10(9)8-12-11-5-3-2-4-6-11/h2-6,9-10H,7-8H2,1H3. The van der Waals surface area contributed by atoms with E-state index in [0.717, 1.165) is 24.2 Å². The van der Waals surface area contributed by atoms with E-state index in [9.17, 15) is 0 Å². The first-order chi connectivity index (χ1) is 5.86. The highest BCUT2D eigenvalue weighted by Gasteiger charge is 2.32. The second kappa shape index (κ2) is 3.18. The fraction of sp³-hybridized carbons (Fsp3) is 0.455. The van der Waals surface area contributed by atoms with Crippen molar-refractivity contribution < 1.29 is 4.74 Å². The zero-order chi connectivity index (χ0) is 8.39. The van der Waals surface area contributed by atoms with E-state index in [0.29, 0.717) is 0 Å². The van der Waals surface area contributed by atoms with Crippen LogP contribution in [0.1, 0.15) is 13.3 Å². The second-order valence-electron chi connectivity index (χ2n) is 3.60. The van der Waals surface area contributed by atoms with Crippen molar-refractivity contribution >= 4 is 0 Å². The lowest BCUT2D eigenvalue weighted by molar-refractivity contribution is 0.293. The van der Waals surface area contributed by atoms with Gasteiger partial charge in [0.25, 0.3) is 0 Å². The minimum absolute atomic E-state index is 0.810. The maximum atomic E-state index is 5.60. The van der Waals surface area contributed by atoms with Gasteiger partial charge in [0.1, 0.15) is 5.75 Å². The van der Waals surface area contributed by atoms with Gasteiger partial charge in [-0.1, -0.05) is 25.1 Å². The molecule has 0 N–H and O–H groups in total. The summed E-state index contributed by atoms with van der Waals surface area (Å²) in [6, 6.07) is 10.0. The van der Waals surface area contributed by atoms with Crippen molar-refractivity contribution in [3.05, 3.63) is 30.3 Å². The van der Waals surface area contributed by atoms with Crippen LogP contribution in [-0.2, 0) is 0 Å². The molecule has 12 heavy (non-hydrogen) atoms. The van der Waals surface area contributed by atoms with E-state index >= 15 is 0 Å². The van der Waals surface area contributed by atoms with Crippen LogP contribution in [0.3, 0.4) is 0 Å². The third-order valence-corrected chi connectivity index (χ3v) is 2.48. The molecule has 0 aliphatic heterocycles. The highest BCUT2D eigenvalue weighted by Crippen LogP contribution is 2.37. The van der Waals surface area contributed by atoms with Crippen LogP contribution in [0.15, 0.2) is 30.3 Å². The predicted molar refractivity (Wildman–Crippen MR) is 49.2 cm³/mol. The van der Waals surface area contributed by atoms with Crippen molar-refractivity contribution in [1.29, 1.82) is 0 Å². The topological polar surface area (TPSA) is 9.23 Å². The zero-order valence-corrected chi connectivity index (χ0v) is 7.36. The van der Waals surface area contributed by atoms with Gasteiger partial charge in [0.15, 0.2) is 0 Å². The van der Waals surface area contributed by atoms with Crippen molar-refractivity contribution in [2.75, 3.05) is 6.61 Å². The Morgan fingerprint density at radius 3 is 2.58 bits per heavy atom. The molecule has 1 aromatic rings. The molecule has 64 valence electrons. The molecule has 2 rings (SSSR count). The van der Waals surface area contributed by atoms with E-state index in [-0.39, 0.29) is 0 Å². The third-order valence-electron chi connectivity index (χ3n) is 2.48. The molecule has 1 fully saturated rings. The molecule has 0 spiro atoms. The Labute approximate surface area is 73.4 Å². The molecule has 0 radical (unpaired) electrons. The van der Waals surface area contributed by atoms with E-state index in [1.165, 1.54) is 6.42 Å². The minimum atomic E-state index is 0.810. The Balaban J connectivity index is 1.80. The van der Waals surface area contributed by atoms with Gasteiger partial charge in [0, 0.05) is 0 Å². The number of rotatable bonds is 3. The van der Waals surface area contributed by atoms with Gasteiger partial charge in [-0.3, -0.25) is 0 Å². The zero-order valence-electron chi connectivity index (χ0n) is 7.36. The molecule has 1 aliphatic rings. The average molecular weight is 162 g/mol. The first kappa shape index (κ1) is 7.66. The molecule has 0 bridgehead atoms. The van der Waals surface area contributed by atoms with Crippen molar-refractivity contribution in [3.8, 4) is 5.75 Å². The maximum absolute atomic E-state index is 5.60. The molecule has 2 atom stereocenters. The normalized spacial score (nSPS) is 26.8. The molecule has 1 saturated carbocycles. The lowest BCUT2D eigenvalue weighted by Gasteiger charge is -2.03. The van der Waals surface area contributed by atoms with Crippen LogP contribution in [-0.4, -0.2) is 6.61 Å². The number of para-hydroxylation sites is 1. The quantitative estimate of drug-likeness (QED) is 0.664. The Morgan fingerprint density at radius 1 is 1.33 bits per heavy atom. The van der Waals surface area contributed by atoms with Gasteiger partial charge in [-0.25, -0.2) is 0 Å². The van der Waals surface area contributed by atoms with Gasteiger partial charge < -0.3 is 4.74 Å². The fourth-order valence-corrected chi connectivity index (χ4v) is 1.35. The predicted octanol–water partition coefficient (Wildman–Crippen LogP) is 2.72. The Hall–Kier alpha value is -0.980. The summed E-state index contributed by atoms with van der Waals surface area (Å²) in [7, 11) is 0. The molecular weight excluding hydrogens is 148 g/mol. The van der Waals surface area contributed by atoms with Crippen molar-refractivity contribution in [2.45, 2.75) is 13.3 Å². The molecule has 1 nitrogen and oxygen atoms in total. The van der Waals surface area contributed by atoms with Gasteiger partial charge in [-0.2, -0.15) is 0 Å². The number of hydrogen-bond donors (Lipinski definition) is 0. The molecule has 0 heterocycles. The number of benzene rings is 1. The number of hydrogen-bond acceptors (Lipinski definition) is 1. The maximum Gasteiger partial charge on any atom is 0.119 e. The summed E-state index contributed by atoms with van der Waals surface area (Å²) in [4.78, 5) is 0.